The molecular weight excluding hydrogens is 288 g/mol. The standard InChI is InChI=1S/C12H11ClN2OS2/c13-9-3-1-2-8(4-9)5-14-11(16)10-6-18-7-15(10)12(14)17/h1-4,10H,5-7H2. The first-order valence-corrected chi connectivity index (χ1v) is 7.55. The van der Waals surface area contributed by atoms with Crippen LogP contribution in [0.4, 0.5) is 0 Å². The molecule has 18 heavy (non-hydrogen) atoms. The Morgan fingerprint density at radius 3 is 3.06 bits per heavy atom. The highest BCUT2D eigenvalue weighted by Gasteiger charge is 2.45. The van der Waals surface area contributed by atoms with E-state index < -0.39 is 0 Å². The largest absolute Gasteiger partial charge is 0.327 e. The van der Waals surface area contributed by atoms with Gasteiger partial charge < -0.3 is 4.90 Å². The molecule has 0 aromatic heterocycles. The Kier molecular flexibility index (Phi) is 3.21. The van der Waals surface area contributed by atoms with E-state index in [0.29, 0.717) is 16.7 Å². The molecule has 1 atom stereocenters. The quantitative estimate of drug-likeness (QED) is 0.782. The predicted octanol–water partition coefficient (Wildman–Crippen LogP) is 2.34. The molecule has 2 aliphatic rings. The van der Waals surface area contributed by atoms with Crippen LogP contribution in [0.5, 0.6) is 0 Å². The maximum absolute atomic E-state index is 12.2. The summed E-state index contributed by atoms with van der Waals surface area (Å²) in [6.07, 6.45) is 0. The molecule has 94 valence electrons. The van der Waals surface area contributed by atoms with E-state index in [0.717, 1.165) is 17.2 Å². The molecule has 2 aliphatic heterocycles. The van der Waals surface area contributed by atoms with E-state index in [2.05, 4.69) is 0 Å². The average Bonchev–Trinajstić information content (AvgIpc) is 2.90. The molecule has 3 rings (SSSR count). The summed E-state index contributed by atoms with van der Waals surface area (Å²) in [6.45, 7) is 0.510. The van der Waals surface area contributed by atoms with Crippen LogP contribution in [0.15, 0.2) is 24.3 Å². The summed E-state index contributed by atoms with van der Waals surface area (Å²) in [6, 6.07) is 7.49. The van der Waals surface area contributed by atoms with Crippen molar-refractivity contribution >= 4 is 46.6 Å². The first-order chi connectivity index (χ1) is 8.66. The number of rotatable bonds is 2. The fourth-order valence-corrected chi connectivity index (χ4v) is 4.02. The Morgan fingerprint density at radius 2 is 2.33 bits per heavy atom. The molecular formula is C12H11ClN2OS2. The van der Waals surface area contributed by atoms with E-state index >= 15 is 0 Å². The van der Waals surface area contributed by atoms with Crippen molar-refractivity contribution in [3.8, 4) is 0 Å². The van der Waals surface area contributed by atoms with Gasteiger partial charge in [-0.15, -0.1) is 11.8 Å². The van der Waals surface area contributed by atoms with E-state index in [4.69, 9.17) is 23.8 Å². The van der Waals surface area contributed by atoms with Crippen molar-refractivity contribution in [2.75, 3.05) is 11.6 Å². The second-order valence-corrected chi connectivity index (χ2v) is 6.12. The van der Waals surface area contributed by atoms with Crippen LogP contribution in [0, 0.1) is 0 Å². The summed E-state index contributed by atoms with van der Waals surface area (Å²) in [4.78, 5) is 15.9. The monoisotopic (exact) mass is 298 g/mol. The Balaban J connectivity index is 1.81. The van der Waals surface area contributed by atoms with Crippen molar-refractivity contribution in [3.63, 3.8) is 0 Å². The van der Waals surface area contributed by atoms with E-state index in [9.17, 15) is 4.79 Å². The van der Waals surface area contributed by atoms with E-state index in [1.54, 1.807) is 16.7 Å². The lowest BCUT2D eigenvalue weighted by Crippen LogP contribution is -2.32. The van der Waals surface area contributed by atoms with Crippen LogP contribution in [0.3, 0.4) is 0 Å². The zero-order valence-electron chi connectivity index (χ0n) is 9.51. The van der Waals surface area contributed by atoms with Gasteiger partial charge in [0.25, 0.3) is 5.91 Å². The maximum atomic E-state index is 12.2. The number of hydrogen-bond donors (Lipinski definition) is 0. The van der Waals surface area contributed by atoms with Gasteiger partial charge in [0.1, 0.15) is 6.04 Å². The minimum Gasteiger partial charge on any atom is -0.327 e. The lowest BCUT2D eigenvalue weighted by Gasteiger charge is -2.18. The van der Waals surface area contributed by atoms with Crippen molar-refractivity contribution in [2.24, 2.45) is 0 Å². The van der Waals surface area contributed by atoms with E-state index in [-0.39, 0.29) is 11.9 Å². The summed E-state index contributed by atoms with van der Waals surface area (Å²) in [5.41, 5.74) is 1.01. The van der Waals surface area contributed by atoms with Gasteiger partial charge in [0.2, 0.25) is 0 Å². The van der Waals surface area contributed by atoms with E-state index in [1.807, 2.05) is 29.2 Å². The van der Waals surface area contributed by atoms with Crippen molar-refractivity contribution in [1.29, 1.82) is 0 Å². The number of thioether (sulfide) groups is 1. The van der Waals surface area contributed by atoms with Crippen LogP contribution in [0.25, 0.3) is 0 Å². The second-order valence-electron chi connectivity index (χ2n) is 4.32. The minimum absolute atomic E-state index is 0.0540. The van der Waals surface area contributed by atoms with Gasteiger partial charge >= 0.3 is 0 Å². The molecule has 1 unspecified atom stereocenters. The molecule has 0 spiro atoms. The molecule has 6 heteroatoms. The lowest BCUT2D eigenvalue weighted by molar-refractivity contribution is -0.127. The summed E-state index contributed by atoms with van der Waals surface area (Å²) in [7, 11) is 0. The van der Waals surface area contributed by atoms with Crippen LogP contribution < -0.4 is 0 Å². The molecule has 0 saturated carbocycles. The first-order valence-electron chi connectivity index (χ1n) is 5.61. The highest BCUT2D eigenvalue weighted by atomic mass is 35.5. The third-order valence-corrected chi connectivity index (χ3v) is 4.84. The Bertz CT molecular complexity index is 501. The second kappa shape index (κ2) is 4.72. The number of halogens is 1. The van der Waals surface area contributed by atoms with Crippen molar-refractivity contribution in [1.82, 2.24) is 9.80 Å². The summed E-state index contributed by atoms with van der Waals surface area (Å²) in [5.74, 6) is 1.77. The zero-order chi connectivity index (χ0) is 12.7. The number of benzene rings is 1. The number of carbonyl (C=O) groups excluding carboxylic acids is 1. The molecule has 2 heterocycles. The number of hydrogen-bond acceptors (Lipinski definition) is 3. The van der Waals surface area contributed by atoms with Crippen LogP contribution >= 0.6 is 35.6 Å². The molecule has 1 aromatic carbocycles. The SMILES string of the molecule is O=C1C2CSCN2C(=S)N1Cc1cccc(Cl)c1. The molecule has 3 nitrogen and oxygen atoms in total. The summed E-state index contributed by atoms with van der Waals surface area (Å²) in [5, 5.41) is 1.33. The van der Waals surface area contributed by atoms with E-state index in [1.165, 1.54) is 0 Å². The fraction of sp³-hybridized carbons (Fsp3) is 0.333. The van der Waals surface area contributed by atoms with Gasteiger partial charge in [-0.25, -0.2) is 0 Å². The van der Waals surface area contributed by atoms with Gasteiger partial charge in [-0.05, 0) is 29.9 Å². The van der Waals surface area contributed by atoms with Crippen LogP contribution in [0.2, 0.25) is 5.02 Å². The molecule has 0 aliphatic carbocycles. The number of amides is 1. The van der Waals surface area contributed by atoms with Crippen molar-refractivity contribution in [2.45, 2.75) is 12.6 Å². The third kappa shape index (κ3) is 2.00. The topological polar surface area (TPSA) is 23.6 Å². The predicted molar refractivity (Wildman–Crippen MR) is 77.6 cm³/mol. The van der Waals surface area contributed by atoms with Gasteiger partial charge in [-0.2, -0.15) is 0 Å². The first kappa shape index (κ1) is 12.3. The molecule has 2 saturated heterocycles. The van der Waals surface area contributed by atoms with Gasteiger partial charge in [0, 0.05) is 10.8 Å². The molecule has 0 bridgehead atoms. The zero-order valence-corrected chi connectivity index (χ0v) is 11.9. The van der Waals surface area contributed by atoms with Gasteiger partial charge in [0.15, 0.2) is 5.11 Å². The third-order valence-electron chi connectivity index (χ3n) is 3.14. The number of fused-ring (bicyclic) bond motifs is 1. The molecule has 1 amide bonds. The minimum atomic E-state index is -0.0540. The maximum Gasteiger partial charge on any atom is 0.252 e. The summed E-state index contributed by atoms with van der Waals surface area (Å²) >= 11 is 13.1. The number of thiocarbonyl (C=S) groups is 1. The number of nitrogens with zero attached hydrogens (tertiary/aromatic N) is 2. The smallest absolute Gasteiger partial charge is 0.252 e. The Labute approximate surface area is 120 Å². The molecule has 0 N–H and O–H groups in total. The average molecular weight is 299 g/mol. The molecule has 2 fully saturated rings. The summed E-state index contributed by atoms with van der Waals surface area (Å²) < 4.78 is 0. The number of carbonyl (C=O) groups is 1. The van der Waals surface area contributed by atoms with Crippen molar-refractivity contribution < 1.29 is 4.79 Å². The molecule has 1 aromatic rings. The fourth-order valence-electron chi connectivity index (χ4n) is 2.23. The van der Waals surface area contributed by atoms with Gasteiger partial charge in [0.05, 0.1) is 12.4 Å². The van der Waals surface area contributed by atoms with Gasteiger partial charge in [-0.3, -0.25) is 9.69 Å². The normalized spacial score (nSPS) is 22.8. The highest BCUT2D eigenvalue weighted by molar-refractivity contribution is 7.99. The highest BCUT2D eigenvalue weighted by Crippen LogP contribution is 2.30. The van der Waals surface area contributed by atoms with Crippen LogP contribution in [-0.2, 0) is 11.3 Å². The van der Waals surface area contributed by atoms with Crippen molar-refractivity contribution in [3.05, 3.63) is 34.9 Å². The molecule has 0 radical (unpaired) electrons. The lowest BCUT2D eigenvalue weighted by atomic mass is 10.2. The Hall–Kier alpha value is -0.780. The van der Waals surface area contributed by atoms with Gasteiger partial charge in [-0.1, -0.05) is 23.7 Å². The Morgan fingerprint density at radius 1 is 1.50 bits per heavy atom. The van der Waals surface area contributed by atoms with Crippen LogP contribution in [-0.4, -0.2) is 38.5 Å². The van der Waals surface area contributed by atoms with Crippen LogP contribution in [0.1, 0.15) is 5.56 Å².